The van der Waals surface area contributed by atoms with Crippen molar-refractivity contribution in [2.45, 2.75) is 65.1 Å². The highest BCUT2D eigenvalue weighted by Gasteiger charge is 2.32. The molecule has 0 spiro atoms. The normalized spacial score (nSPS) is 12.3. The Kier molecular flexibility index (Phi) is 11.6. The minimum absolute atomic E-state index is 0.0734. The van der Waals surface area contributed by atoms with Crippen LogP contribution in [0.4, 0.5) is 5.69 Å². The molecule has 3 rings (SSSR count). The fourth-order valence-electron chi connectivity index (χ4n) is 4.67. The number of benzene rings is 3. The number of nitrogens with one attached hydrogen (secondary N) is 1. The van der Waals surface area contributed by atoms with E-state index in [-0.39, 0.29) is 37.7 Å². The van der Waals surface area contributed by atoms with Crippen molar-refractivity contribution in [2.75, 3.05) is 23.7 Å². The van der Waals surface area contributed by atoms with E-state index in [4.69, 9.17) is 4.74 Å². The Morgan fingerprint density at radius 1 is 0.881 bits per heavy atom. The number of rotatable bonds is 14. The maximum atomic E-state index is 13.9. The van der Waals surface area contributed by atoms with Gasteiger partial charge in [0.05, 0.1) is 18.6 Å². The molecule has 9 heteroatoms. The Hall–Kier alpha value is -3.85. The largest absolute Gasteiger partial charge is 0.494 e. The van der Waals surface area contributed by atoms with Crippen molar-refractivity contribution in [3.8, 4) is 5.75 Å². The molecule has 0 heterocycles. The molecule has 0 saturated heterocycles. The third kappa shape index (κ3) is 10.2. The van der Waals surface area contributed by atoms with Crippen molar-refractivity contribution in [1.29, 1.82) is 0 Å². The first-order valence-electron chi connectivity index (χ1n) is 14.3. The van der Waals surface area contributed by atoms with Gasteiger partial charge in [-0.3, -0.25) is 13.9 Å². The zero-order valence-corrected chi connectivity index (χ0v) is 26.1. The van der Waals surface area contributed by atoms with Crippen LogP contribution in [0.1, 0.15) is 51.7 Å². The van der Waals surface area contributed by atoms with Crippen molar-refractivity contribution < 1.29 is 22.7 Å². The summed E-state index contributed by atoms with van der Waals surface area (Å²) in [6.07, 6.45) is 1.86. The summed E-state index contributed by atoms with van der Waals surface area (Å²) in [6, 6.07) is 25.3. The zero-order valence-electron chi connectivity index (χ0n) is 25.2. The fourth-order valence-corrected chi connectivity index (χ4v) is 5.63. The highest BCUT2D eigenvalue weighted by Crippen LogP contribution is 2.23. The summed E-state index contributed by atoms with van der Waals surface area (Å²) in [4.78, 5) is 29.2. The van der Waals surface area contributed by atoms with Crippen molar-refractivity contribution >= 4 is 27.5 Å². The number of anilines is 1. The van der Waals surface area contributed by atoms with Gasteiger partial charge in [0.15, 0.2) is 0 Å². The first-order valence-corrected chi connectivity index (χ1v) is 16.1. The van der Waals surface area contributed by atoms with Gasteiger partial charge in [0.2, 0.25) is 21.8 Å². The van der Waals surface area contributed by atoms with Crippen LogP contribution in [0.25, 0.3) is 0 Å². The van der Waals surface area contributed by atoms with E-state index in [0.29, 0.717) is 24.5 Å². The Balaban J connectivity index is 1.86. The summed E-state index contributed by atoms with van der Waals surface area (Å²) in [5.74, 6) is 0.200. The standard InChI is InChI=1S/C33H43N3O5S/c1-6-41-29-21-19-28(20-22-29)36(42(5,39)40)23-13-18-31(37)35(25-27-16-11-8-12-17-27)30(32(38)34-33(2,3)4)24-26-14-9-7-10-15-26/h7-12,14-17,19-22,30H,6,13,18,23-25H2,1-5H3,(H,34,38). The smallest absolute Gasteiger partial charge is 0.243 e. The number of ether oxygens (including phenoxy) is 1. The molecule has 8 nitrogen and oxygen atoms in total. The Labute approximate surface area is 250 Å². The van der Waals surface area contributed by atoms with Gasteiger partial charge in [-0.25, -0.2) is 8.42 Å². The predicted molar refractivity (Wildman–Crippen MR) is 168 cm³/mol. The van der Waals surface area contributed by atoms with Gasteiger partial charge < -0.3 is 15.0 Å². The van der Waals surface area contributed by atoms with Crippen LogP contribution in [0.5, 0.6) is 5.75 Å². The fraction of sp³-hybridized carbons (Fsp3) is 0.394. The van der Waals surface area contributed by atoms with Gasteiger partial charge in [-0.15, -0.1) is 0 Å². The summed E-state index contributed by atoms with van der Waals surface area (Å²) in [7, 11) is -3.60. The second-order valence-corrected chi connectivity index (χ2v) is 13.2. The Bertz CT molecular complexity index is 1390. The number of carbonyl (C=O) groups excluding carboxylic acids is 2. The van der Waals surface area contributed by atoms with E-state index < -0.39 is 21.6 Å². The average molecular weight is 594 g/mol. The molecule has 1 unspecified atom stereocenters. The molecule has 2 amide bonds. The van der Waals surface area contributed by atoms with Crippen LogP contribution in [0, 0.1) is 0 Å². The monoisotopic (exact) mass is 593 g/mol. The van der Waals surface area contributed by atoms with E-state index in [1.54, 1.807) is 29.2 Å². The first-order chi connectivity index (χ1) is 19.9. The van der Waals surface area contributed by atoms with Crippen molar-refractivity contribution in [3.05, 3.63) is 96.1 Å². The van der Waals surface area contributed by atoms with Gasteiger partial charge in [-0.1, -0.05) is 60.7 Å². The van der Waals surface area contributed by atoms with E-state index in [9.17, 15) is 18.0 Å². The highest BCUT2D eigenvalue weighted by molar-refractivity contribution is 7.92. The van der Waals surface area contributed by atoms with Crippen LogP contribution in [0.3, 0.4) is 0 Å². The maximum absolute atomic E-state index is 13.9. The lowest BCUT2D eigenvalue weighted by molar-refractivity contribution is -0.142. The van der Waals surface area contributed by atoms with Crippen molar-refractivity contribution in [1.82, 2.24) is 10.2 Å². The van der Waals surface area contributed by atoms with Crippen LogP contribution in [0.15, 0.2) is 84.9 Å². The number of nitrogens with zero attached hydrogens (tertiary/aromatic N) is 2. The van der Waals surface area contributed by atoms with Gasteiger partial charge in [-0.05, 0) is 69.5 Å². The summed E-state index contributed by atoms with van der Waals surface area (Å²) in [5.41, 5.74) is 1.86. The SMILES string of the molecule is CCOc1ccc(N(CCCC(=O)N(Cc2ccccc2)C(Cc2ccccc2)C(=O)NC(C)(C)C)S(C)(=O)=O)cc1. The lowest BCUT2D eigenvalue weighted by Gasteiger charge is -2.34. The molecule has 226 valence electrons. The Morgan fingerprint density at radius 2 is 1.45 bits per heavy atom. The third-order valence-corrected chi connectivity index (χ3v) is 7.75. The molecule has 42 heavy (non-hydrogen) atoms. The number of sulfonamides is 1. The minimum Gasteiger partial charge on any atom is -0.494 e. The van der Waals surface area contributed by atoms with E-state index in [2.05, 4.69) is 5.32 Å². The van der Waals surface area contributed by atoms with Gasteiger partial charge in [0.25, 0.3) is 0 Å². The molecule has 0 aromatic heterocycles. The quantitative estimate of drug-likeness (QED) is 0.278. The molecule has 3 aromatic rings. The van der Waals surface area contributed by atoms with Gasteiger partial charge >= 0.3 is 0 Å². The van der Waals surface area contributed by atoms with E-state index in [1.807, 2.05) is 88.4 Å². The zero-order chi connectivity index (χ0) is 30.8. The molecule has 1 atom stereocenters. The topological polar surface area (TPSA) is 96.0 Å². The van der Waals surface area contributed by atoms with Gasteiger partial charge in [0, 0.05) is 31.5 Å². The molecule has 0 fully saturated rings. The van der Waals surface area contributed by atoms with E-state index in [1.165, 1.54) is 4.31 Å². The number of hydrogen-bond acceptors (Lipinski definition) is 5. The highest BCUT2D eigenvalue weighted by atomic mass is 32.2. The predicted octanol–water partition coefficient (Wildman–Crippen LogP) is 5.19. The molecule has 3 aromatic carbocycles. The molecular weight excluding hydrogens is 550 g/mol. The number of hydrogen-bond donors (Lipinski definition) is 1. The van der Waals surface area contributed by atoms with E-state index >= 15 is 0 Å². The van der Waals surface area contributed by atoms with Crippen LogP contribution >= 0.6 is 0 Å². The van der Waals surface area contributed by atoms with Crippen molar-refractivity contribution in [2.24, 2.45) is 0 Å². The molecule has 0 saturated carbocycles. The molecule has 0 radical (unpaired) electrons. The van der Waals surface area contributed by atoms with E-state index in [0.717, 1.165) is 17.4 Å². The number of amides is 2. The van der Waals surface area contributed by atoms with Crippen LogP contribution in [-0.2, 0) is 32.6 Å². The maximum Gasteiger partial charge on any atom is 0.243 e. The van der Waals surface area contributed by atoms with Crippen LogP contribution in [0.2, 0.25) is 0 Å². The van der Waals surface area contributed by atoms with Crippen molar-refractivity contribution in [3.63, 3.8) is 0 Å². The van der Waals surface area contributed by atoms with Gasteiger partial charge in [-0.2, -0.15) is 0 Å². The lowest BCUT2D eigenvalue weighted by Crippen LogP contribution is -2.54. The minimum atomic E-state index is -3.60. The molecule has 0 aliphatic rings. The van der Waals surface area contributed by atoms with Crippen LogP contribution < -0.4 is 14.4 Å². The average Bonchev–Trinajstić information content (AvgIpc) is 2.93. The Morgan fingerprint density at radius 3 is 1.98 bits per heavy atom. The first kappa shape index (κ1) is 32.7. The van der Waals surface area contributed by atoms with Gasteiger partial charge in [0.1, 0.15) is 11.8 Å². The van der Waals surface area contributed by atoms with Crippen LogP contribution in [-0.4, -0.2) is 56.1 Å². The molecule has 0 bridgehead atoms. The molecule has 0 aliphatic carbocycles. The third-order valence-electron chi connectivity index (χ3n) is 6.55. The summed E-state index contributed by atoms with van der Waals surface area (Å²) < 4.78 is 32.1. The summed E-state index contributed by atoms with van der Waals surface area (Å²) in [6.45, 7) is 8.50. The summed E-state index contributed by atoms with van der Waals surface area (Å²) in [5, 5.41) is 3.06. The lowest BCUT2D eigenvalue weighted by atomic mass is 10.00. The molecule has 0 aliphatic heterocycles. The molecule has 1 N–H and O–H groups in total. The summed E-state index contributed by atoms with van der Waals surface area (Å²) >= 11 is 0. The second kappa shape index (κ2) is 14.9. The second-order valence-electron chi connectivity index (χ2n) is 11.3. The number of carbonyl (C=O) groups is 2. The molecular formula is C33H43N3O5S.